The number of nitrogens with zero attached hydrogens (tertiary/aromatic N) is 1. The first kappa shape index (κ1) is 16.9. The van der Waals surface area contributed by atoms with Gasteiger partial charge < -0.3 is 15.7 Å². The Bertz CT molecular complexity index is 515. The van der Waals surface area contributed by atoms with E-state index < -0.39 is 16.6 Å². The molecule has 0 aliphatic carbocycles. The third kappa shape index (κ3) is 5.03. The molecule has 1 unspecified atom stereocenters. The van der Waals surface area contributed by atoms with Crippen LogP contribution in [0.5, 0.6) is 0 Å². The van der Waals surface area contributed by atoms with Crippen molar-refractivity contribution >= 4 is 11.7 Å². The van der Waals surface area contributed by atoms with Crippen molar-refractivity contribution in [3.8, 4) is 0 Å². The molecule has 0 saturated heterocycles. The van der Waals surface area contributed by atoms with Crippen LogP contribution in [0, 0.1) is 16.0 Å². The summed E-state index contributed by atoms with van der Waals surface area (Å²) in [5.41, 5.74) is -0.615. The SMILES string of the molecule is CC(C)C(C)(O)CNC(=O)NCc1ccccc1[N+](=O)[O-]. The van der Waals surface area contributed by atoms with Gasteiger partial charge >= 0.3 is 6.03 Å². The fourth-order valence-corrected chi connectivity index (χ4v) is 1.54. The van der Waals surface area contributed by atoms with Crippen LogP contribution in [0.2, 0.25) is 0 Å². The van der Waals surface area contributed by atoms with E-state index in [1.54, 1.807) is 25.1 Å². The summed E-state index contributed by atoms with van der Waals surface area (Å²) >= 11 is 0. The van der Waals surface area contributed by atoms with E-state index in [0.717, 1.165) is 0 Å². The van der Waals surface area contributed by atoms with Gasteiger partial charge in [0.15, 0.2) is 0 Å². The van der Waals surface area contributed by atoms with Gasteiger partial charge in [-0.1, -0.05) is 32.0 Å². The maximum absolute atomic E-state index is 11.7. The van der Waals surface area contributed by atoms with Crippen molar-refractivity contribution < 1.29 is 14.8 Å². The molecule has 0 aliphatic rings. The predicted molar refractivity (Wildman–Crippen MR) is 78.8 cm³/mol. The number of benzene rings is 1. The molecule has 0 aromatic heterocycles. The summed E-state index contributed by atoms with van der Waals surface area (Å²) in [5.74, 6) is -0.00647. The number of para-hydroxylation sites is 1. The number of amides is 2. The van der Waals surface area contributed by atoms with Gasteiger partial charge in [-0.3, -0.25) is 10.1 Å². The second kappa shape index (κ2) is 7.03. The number of nitro groups is 1. The van der Waals surface area contributed by atoms with Crippen LogP contribution in [0.4, 0.5) is 10.5 Å². The van der Waals surface area contributed by atoms with Gasteiger partial charge in [0, 0.05) is 18.2 Å². The van der Waals surface area contributed by atoms with Gasteiger partial charge in [0.05, 0.1) is 17.1 Å². The van der Waals surface area contributed by atoms with Crippen LogP contribution in [0.15, 0.2) is 24.3 Å². The third-order valence-corrected chi connectivity index (χ3v) is 3.48. The predicted octanol–water partition coefficient (Wildman–Crippen LogP) is 1.80. The molecule has 0 radical (unpaired) electrons. The smallest absolute Gasteiger partial charge is 0.315 e. The highest BCUT2D eigenvalue weighted by Gasteiger charge is 2.25. The number of carbonyl (C=O) groups excluding carboxylic acids is 1. The molecule has 0 saturated carbocycles. The lowest BCUT2D eigenvalue weighted by molar-refractivity contribution is -0.385. The molecule has 21 heavy (non-hydrogen) atoms. The maximum Gasteiger partial charge on any atom is 0.315 e. The third-order valence-electron chi connectivity index (χ3n) is 3.48. The number of urea groups is 1. The Labute approximate surface area is 123 Å². The fourth-order valence-electron chi connectivity index (χ4n) is 1.54. The maximum atomic E-state index is 11.7. The molecule has 1 atom stereocenters. The molecule has 7 heteroatoms. The van der Waals surface area contributed by atoms with Crippen LogP contribution in [0.3, 0.4) is 0 Å². The minimum absolute atomic E-state index is 0.00647. The van der Waals surface area contributed by atoms with E-state index in [9.17, 15) is 20.0 Å². The number of nitrogens with one attached hydrogen (secondary N) is 2. The first-order valence-corrected chi connectivity index (χ1v) is 6.70. The van der Waals surface area contributed by atoms with E-state index in [-0.39, 0.29) is 24.7 Å². The Balaban J connectivity index is 2.53. The molecule has 1 aromatic carbocycles. The summed E-state index contributed by atoms with van der Waals surface area (Å²) < 4.78 is 0. The van der Waals surface area contributed by atoms with Crippen LogP contribution in [0.25, 0.3) is 0 Å². The van der Waals surface area contributed by atoms with Crippen molar-refractivity contribution in [3.05, 3.63) is 39.9 Å². The minimum Gasteiger partial charge on any atom is -0.388 e. The van der Waals surface area contributed by atoms with E-state index >= 15 is 0 Å². The topological polar surface area (TPSA) is 104 Å². The van der Waals surface area contributed by atoms with Crippen molar-refractivity contribution in [1.82, 2.24) is 10.6 Å². The van der Waals surface area contributed by atoms with Crippen molar-refractivity contribution in [2.75, 3.05) is 6.54 Å². The van der Waals surface area contributed by atoms with Crippen molar-refractivity contribution in [3.63, 3.8) is 0 Å². The molecule has 0 spiro atoms. The average molecular weight is 295 g/mol. The lowest BCUT2D eigenvalue weighted by atomic mass is 9.93. The van der Waals surface area contributed by atoms with Gasteiger partial charge in [-0.2, -0.15) is 0 Å². The zero-order valence-corrected chi connectivity index (χ0v) is 12.4. The lowest BCUT2D eigenvalue weighted by Crippen LogP contribution is -2.47. The summed E-state index contributed by atoms with van der Waals surface area (Å²) in [4.78, 5) is 22.0. The van der Waals surface area contributed by atoms with Gasteiger partial charge in [-0.05, 0) is 12.8 Å². The van der Waals surface area contributed by atoms with Gasteiger partial charge in [0.25, 0.3) is 5.69 Å². The Hall–Kier alpha value is -2.15. The van der Waals surface area contributed by atoms with Crippen molar-refractivity contribution in [2.45, 2.75) is 32.9 Å². The zero-order chi connectivity index (χ0) is 16.0. The molecule has 1 aromatic rings. The second-order valence-electron chi connectivity index (χ2n) is 5.43. The molecule has 0 fully saturated rings. The van der Waals surface area contributed by atoms with E-state index in [0.29, 0.717) is 5.56 Å². The second-order valence-corrected chi connectivity index (χ2v) is 5.43. The van der Waals surface area contributed by atoms with E-state index in [2.05, 4.69) is 10.6 Å². The molecular formula is C14H21N3O4. The minimum atomic E-state index is -1.00. The number of carbonyl (C=O) groups is 1. The fraction of sp³-hybridized carbons (Fsp3) is 0.500. The van der Waals surface area contributed by atoms with Gasteiger partial charge in [-0.15, -0.1) is 0 Å². The number of hydrogen-bond acceptors (Lipinski definition) is 4. The highest BCUT2D eigenvalue weighted by Crippen LogP contribution is 2.17. The Morgan fingerprint density at radius 2 is 2.00 bits per heavy atom. The van der Waals surface area contributed by atoms with E-state index in [1.807, 2.05) is 13.8 Å². The Morgan fingerprint density at radius 1 is 1.38 bits per heavy atom. The van der Waals surface area contributed by atoms with Crippen LogP contribution in [-0.2, 0) is 6.54 Å². The molecule has 2 amide bonds. The van der Waals surface area contributed by atoms with E-state index in [1.165, 1.54) is 6.07 Å². The van der Waals surface area contributed by atoms with Crippen LogP contribution in [0.1, 0.15) is 26.3 Å². The van der Waals surface area contributed by atoms with Crippen molar-refractivity contribution in [2.24, 2.45) is 5.92 Å². The molecule has 3 N–H and O–H groups in total. The summed E-state index contributed by atoms with van der Waals surface area (Å²) in [7, 11) is 0. The van der Waals surface area contributed by atoms with Gasteiger partial charge in [0.1, 0.15) is 0 Å². The van der Waals surface area contributed by atoms with Crippen LogP contribution < -0.4 is 10.6 Å². The summed E-state index contributed by atoms with van der Waals surface area (Å²) in [5, 5.41) is 25.9. The molecule has 7 nitrogen and oxygen atoms in total. The van der Waals surface area contributed by atoms with Gasteiger partial charge in [0.2, 0.25) is 0 Å². The first-order valence-electron chi connectivity index (χ1n) is 6.70. The number of rotatable bonds is 6. The molecule has 1 rings (SSSR count). The summed E-state index contributed by atoms with van der Waals surface area (Å²) in [6, 6.07) is 5.74. The highest BCUT2D eigenvalue weighted by atomic mass is 16.6. The van der Waals surface area contributed by atoms with E-state index in [4.69, 9.17) is 0 Å². The van der Waals surface area contributed by atoms with Crippen molar-refractivity contribution in [1.29, 1.82) is 0 Å². The molecule has 0 aliphatic heterocycles. The molecule has 0 heterocycles. The quantitative estimate of drug-likeness (QED) is 0.549. The molecule has 116 valence electrons. The normalized spacial score (nSPS) is 13.6. The first-order chi connectivity index (χ1) is 9.74. The Morgan fingerprint density at radius 3 is 2.57 bits per heavy atom. The highest BCUT2D eigenvalue weighted by molar-refractivity contribution is 5.74. The number of nitro benzene ring substituents is 1. The van der Waals surface area contributed by atoms with Crippen LogP contribution in [-0.4, -0.2) is 28.2 Å². The lowest BCUT2D eigenvalue weighted by Gasteiger charge is -2.27. The zero-order valence-electron chi connectivity index (χ0n) is 12.4. The molecule has 0 bridgehead atoms. The van der Waals surface area contributed by atoms with Crippen LogP contribution >= 0.6 is 0 Å². The monoisotopic (exact) mass is 295 g/mol. The summed E-state index contributed by atoms with van der Waals surface area (Å²) in [6.45, 7) is 5.50. The number of hydrogen-bond donors (Lipinski definition) is 3. The van der Waals surface area contributed by atoms with Gasteiger partial charge in [-0.25, -0.2) is 4.79 Å². The molecular weight excluding hydrogens is 274 g/mol. The average Bonchev–Trinajstić information content (AvgIpc) is 2.43. The summed E-state index contributed by atoms with van der Waals surface area (Å²) in [6.07, 6.45) is 0. The Kier molecular flexibility index (Phi) is 5.66. The number of aliphatic hydroxyl groups is 1. The standard InChI is InChI=1S/C14H21N3O4/c1-10(2)14(3,19)9-16-13(18)15-8-11-6-4-5-7-12(11)17(20)21/h4-7,10,19H,8-9H2,1-3H3,(H2,15,16,18). The largest absolute Gasteiger partial charge is 0.388 e.